The Labute approximate surface area is 118 Å². The van der Waals surface area contributed by atoms with Crippen LogP contribution < -0.4 is 0 Å². The molecule has 1 fully saturated rings. The summed E-state index contributed by atoms with van der Waals surface area (Å²) in [7, 11) is 0. The third-order valence-corrected chi connectivity index (χ3v) is 3.13. The molecule has 1 aliphatic rings. The van der Waals surface area contributed by atoms with E-state index < -0.39 is 30.4 Å². The van der Waals surface area contributed by atoms with Gasteiger partial charge < -0.3 is 18.9 Å². The molecule has 0 radical (unpaired) electrons. The molecule has 20 heavy (non-hydrogen) atoms. The zero-order chi connectivity index (χ0) is 15.3. The number of rotatable bonds is 4. The fraction of sp³-hybridized carbons (Fsp3) is 0.714. The van der Waals surface area contributed by atoms with E-state index in [4.69, 9.17) is 25.4 Å². The zero-order valence-corrected chi connectivity index (χ0v) is 12.1. The number of carbonyl (C=O) groups excluding carboxylic acids is 2. The predicted octanol–water partition coefficient (Wildman–Crippen LogP) is 0.880. The Morgan fingerprint density at radius 2 is 1.70 bits per heavy atom. The van der Waals surface area contributed by atoms with Gasteiger partial charge in [0.1, 0.15) is 12.7 Å². The maximum atomic E-state index is 11.2. The summed E-state index contributed by atoms with van der Waals surface area (Å²) in [6.07, 6.45) is 2.59. The van der Waals surface area contributed by atoms with Crippen LogP contribution in [0.1, 0.15) is 27.7 Å². The minimum absolute atomic E-state index is 0.0102. The minimum atomic E-state index is -0.856. The molecule has 6 heteroatoms. The Hall–Kier alpha value is -1.58. The second-order valence-electron chi connectivity index (χ2n) is 4.73. The van der Waals surface area contributed by atoms with Crippen LogP contribution in [0.3, 0.4) is 0 Å². The first kappa shape index (κ1) is 16.5. The van der Waals surface area contributed by atoms with E-state index in [0.29, 0.717) is 0 Å². The van der Waals surface area contributed by atoms with Crippen molar-refractivity contribution in [3.8, 4) is 12.3 Å². The highest BCUT2D eigenvalue weighted by Gasteiger charge is 2.46. The predicted molar refractivity (Wildman–Crippen MR) is 69.4 cm³/mol. The SMILES string of the molecule is C#CCO[C@@H]1OC(C)[C@@H](C)[C@H](OC(C)=O)C1OC(C)=O. The third kappa shape index (κ3) is 4.22. The summed E-state index contributed by atoms with van der Waals surface area (Å²) >= 11 is 0. The van der Waals surface area contributed by atoms with Crippen molar-refractivity contribution >= 4 is 11.9 Å². The van der Waals surface area contributed by atoms with Crippen LogP contribution in [0, 0.1) is 18.3 Å². The number of hydrogen-bond donors (Lipinski definition) is 0. The average molecular weight is 284 g/mol. The van der Waals surface area contributed by atoms with Gasteiger partial charge in [-0.25, -0.2) is 0 Å². The molecule has 0 aliphatic carbocycles. The second-order valence-corrected chi connectivity index (χ2v) is 4.73. The lowest BCUT2D eigenvalue weighted by molar-refractivity contribution is -0.283. The topological polar surface area (TPSA) is 71.1 Å². The van der Waals surface area contributed by atoms with E-state index in [9.17, 15) is 9.59 Å². The summed E-state index contributed by atoms with van der Waals surface area (Å²) < 4.78 is 21.5. The number of esters is 2. The molecule has 1 saturated heterocycles. The summed E-state index contributed by atoms with van der Waals surface area (Å²) in [6, 6.07) is 0. The molecule has 0 spiro atoms. The molecule has 1 rings (SSSR count). The van der Waals surface area contributed by atoms with Crippen LogP contribution in [0.4, 0.5) is 0 Å². The molecule has 6 nitrogen and oxygen atoms in total. The monoisotopic (exact) mass is 284 g/mol. The van der Waals surface area contributed by atoms with Crippen LogP contribution in [-0.4, -0.2) is 43.1 Å². The lowest BCUT2D eigenvalue weighted by Crippen LogP contribution is -2.56. The third-order valence-electron chi connectivity index (χ3n) is 3.13. The van der Waals surface area contributed by atoms with E-state index >= 15 is 0 Å². The summed E-state index contributed by atoms with van der Waals surface area (Å²) in [5, 5.41) is 0. The van der Waals surface area contributed by atoms with Gasteiger partial charge in [-0.15, -0.1) is 6.42 Å². The van der Waals surface area contributed by atoms with Gasteiger partial charge in [-0.2, -0.15) is 0 Å². The van der Waals surface area contributed by atoms with Crippen molar-refractivity contribution in [2.45, 2.75) is 52.3 Å². The van der Waals surface area contributed by atoms with Crippen LogP contribution in [0.2, 0.25) is 0 Å². The van der Waals surface area contributed by atoms with Crippen molar-refractivity contribution < 1.29 is 28.5 Å². The molecule has 0 aromatic carbocycles. The van der Waals surface area contributed by atoms with Crippen molar-refractivity contribution in [2.24, 2.45) is 5.92 Å². The molecule has 2 unspecified atom stereocenters. The normalized spacial score (nSPS) is 33.0. The molecule has 0 aromatic rings. The Balaban J connectivity index is 2.95. The Morgan fingerprint density at radius 3 is 2.20 bits per heavy atom. The zero-order valence-electron chi connectivity index (χ0n) is 12.1. The summed E-state index contributed by atoms with van der Waals surface area (Å²) in [4.78, 5) is 22.5. The fourth-order valence-corrected chi connectivity index (χ4v) is 2.08. The molecule has 1 heterocycles. The quantitative estimate of drug-likeness (QED) is 0.564. The second kappa shape index (κ2) is 7.27. The highest BCUT2D eigenvalue weighted by molar-refractivity contribution is 5.67. The van der Waals surface area contributed by atoms with Gasteiger partial charge in [0.2, 0.25) is 0 Å². The molecule has 0 aromatic heterocycles. The first-order valence-corrected chi connectivity index (χ1v) is 6.41. The number of terminal acetylenes is 1. The molecule has 0 N–H and O–H groups in total. The van der Waals surface area contributed by atoms with Gasteiger partial charge >= 0.3 is 11.9 Å². The van der Waals surface area contributed by atoms with Gasteiger partial charge in [-0.3, -0.25) is 9.59 Å². The fourth-order valence-electron chi connectivity index (χ4n) is 2.08. The molecule has 0 amide bonds. The molecule has 0 saturated carbocycles. The number of ether oxygens (including phenoxy) is 4. The maximum absolute atomic E-state index is 11.2. The van der Waals surface area contributed by atoms with Gasteiger partial charge in [0.25, 0.3) is 0 Å². The lowest BCUT2D eigenvalue weighted by Gasteiger charge is -2.42. The average Bonchev–Trinajstić information content (AvgIpc) is 2.35. The van der Waals surface area contributed by atoms with Crippen molar-refractivity contribution in [1.29, 1.82) is 0 Å². The van der Waals surface area contributed by atoms with Crippen LogP contribution in [0.5, 0.6) is 0 Å². The van der Waals surface area contributed by atoms with E-state index in [-0.39, 0.29) is 18.6 Å². The first-order valence-electron chi connectivity index (χ1n) is 6.41. The molecule has 1 aliphatic heterocycles. The van der Waals surface area contributed by atoms with Gasteiger partial charge in [0.15, 0.2) is 12.4 Å². The maximum Gasteiger partial charge on any atom is 0.303 e. The summed E-state index contributed by atoms with van der Waals surface area (Å²) in [6.45, 7) is 6.26. The Bertz CT molecular complexity index is 399. The van der Waals surface area contributed by atoms with E-state index in [0.717, 1.165) is 0 Å². The van der Waals surface area contributed by atoms with Gasteiger partial charge in [0, 0.05) is 19.8 Å². The summed E-state index contributed by atoms with van der Waals surface area (Å²) in [5.41, 5.74) is 0. The van der Waals surface area contributed by atoms with Crippen LogP contribution in [0.15, 0.2) is 0 Å². The number of carbonyl (C=O) groups is 2. The van der Waals surface area contributed by atoms with Crippen molar-refractivity contribution in [1.82, 2.24) is 0 Å². The smallest absolute Gasteiger partial charge is 0.303 e. The van der Waals surface area contributed by atoms with Crippen LogP contribution >= 0.6 is 0 Å². The molecule has 0 bridgehead atoms. The van der Waals surface area contributed by atoms with E-state index in [1.165, 1.54) is 13.8 Å². The largest absolute Gasteiger partial charge is 0.458 e. The lowest BCUT2D eigenvalue weighted by atomic mass is 9.91. The molecular weight excluding hydrogens is 264 g/mol. The Kier molecular flexibility index (Phi) is 5.99. The molecule has 5 atom stereocenters. The van der Waals surface area contributed by atoms with Gasteiger partial charge in [0.05, 0.1) is 6.10 Å². The molecule has 112 valence electrons. The Morgan fingerprint density at radius 1 is 1.15 bits per heavy atom. The highest BCUT2D eigenvalue weighted by Crippen LogP contribution is 2.30. The van der Waals surface area contributed by atoms with Gasteiger partial charge in [-0.1, -0.05) is 12.8 Å². The van der Waals surface area contributed by atoms with Crippen LogP contribution in [-0.2, 0) is 28.5 Å². The number of hydrogen-bond acceptors (Lipinski definition) is 6. The van der Waals surface area contributed by atoms with Crippen molar-refractivity contribution in [3.05, 3.63) is 0 Å². The molecular formula is C14H20O6. The highest BCUT2D eigenvalue weighted by atomic mass is 16.7. The van der Waals surface area contributed by atoms with Crippen molar-refractivity contribution in [3.63, 3.8) is 0 Å². The van der Waals surface area contributed by atoms with E-state index in [1.807, 2.05) is 13.8 Å². The van der Waals surface area contributed by atoms with E-state index in [2.05, 4.69) is 5.92 Å². The van der Waals surface area contributed by atoms with Crippen LogP contribution in [0.25, 0.3) is 0 Å². The first-order chi connectivity index (χ1) is 9.36. The van der Waals surface area contributed by atoms with E-state index in [1.54, 1.807) is 0 Å². The standard InChI is InChI=1S/C14H20O6/c1-6-7-17-14-13(20-11(5)16)12(19-10(4)15)8(2)9(3)18-14/h1,8-9,12-14H,7H2,2-5H3/t8-,9?,12+,13?,14-/m1/s1. The van der Waals surface area contributed by atoms with Gasteiger partial charge in [-0.05, 0) is 6.92 Å². The summed E-state index contributed by atoms with van der Waals surface area (Å²) in [5.74, 6) is 1.21. The van der Waals surface area contributed by atoms with Crippen molar-refractivity contribution in [2.75, 3.05) is 6.61 Å². The minimum Gasteiger partial charge on any atom is -0.458 e.